The number of benzene rings is 1. The third kappa shape index (κ3) is 3.61. The molecule has 1 saturated heterocycles. The van der Waals surface area contributed by atoms with Gasteiger partial charge < -0.3 is 14.8 Å². The van der Waals surface area contributed by atoms with Crippen LogP contribution in [-0.2, 0) is 4.74 Å². The molecule has 4 heteroatoms. The fourth-order valence-corrected chi connectivity index (χ4v) is 4.20. The van der Waals surface area contributed by atoms with Gasteiger partial charge in [0.25, 0.3) is 0 Å². The minimum absolute atomic E-state index is 0.330. The van der Waals surface area contributed by atoms with Crippen molar-refractivity contribution < 1.29 is 9.47 Å². The quantitative estimate of drug-likeness (QED) is 0.916. The number of hydrogen-bond donors (Lipinski definition) is 1. The summed E-state index contributed by atoms with van der Waals surface area (Å²) in [6.07, 6.45) is 6.79. The average molecular weight is 321 g/mol. The molecule has 3 nitrogen and oxygen atoms in total. The van der Waals surface area contributed by atoms with Crippen LogP contribution in [0.15, 0.2) is 18.2 Å². The molecular formula is C18H27NO2S. The lowest BCUT2D eigenvalue weighted by molar-refractivity contribution is 0.0764. The Balaban J connectivity index is 1.72. The highest BCUT2D eigenvalue weighted by Crippen LogP contribution is 2.36. The maximum Gasteiger partial charge on any atom is 0.124 e. The third-order valence-corrected chi connectivity index (χ3v) is 6.37. The Labute approximate surface area is 138 Å². The van der Waals surface area contributed by atoms with Crippen LogP contribution in [-0.4, -0.2) is 37.4 Å². The van der Waals surface area contributed by atoms with E-state index in [-0.39, 0.29) is 0 Å². The van der Waals surface area contributed by atoms with Gasteiger partial charge in [-0.3, -0.25) is 0 Å². The molecule has 0 bridgehead atoms. The molecule has 0 radical (unpaired) electrons. The molecular weight excluding hydrogens is 294 g/mol. The van der Waals surface area contributed by atoms with Crippen LogP contribution in [0.3, 0.4) is 0 Å². The van der Waals surface area contributed by atoms with E-state index in [9.17, 15) is 0 Å². The average Bonchev–Trinajstić information content (AvgIpc) is 2.75. The highest BCUT2D eigenvalue weighted by atomic mass is 32.2. The van der Waals surface area contributed by atoms with E-state index in [0.29, 0.717) is 10.8 Å². The fraction of sp³-hybridized carbons (Fsp3) is 0.667. The van der Waals surface area contributed by atoms with Gasteiger partial charge in [-0.1, -0.05) is 12.1 Å². The maximum atomic E-state index is 5.94. The maximum absolute atomic E-state index is 5.94. The number of hydrogen-bond acceptors (Lipinski definition) is 4. The zero-order valence-electron chi connectivity index (χ0n) is 13.7. The topological polar surface area (TPSA) is 30.5 Å². The van der Waals surface area contributed by atoms with Crippen LogP contribution in [0.1, 0.15) is 42.9 Å². The van der Waals surface area contributed by atoms with Gasteiger partial charge in [-0.2, -0.15) is 11.8 Å². The molecule has 22 heavy (non-hydrogen) atoms. The zero-order valence-corrected chi connectivity index (χ0v) is 14.5. The molecule has 1 aromatic rings. The summed E-state index contributed by atoms with van der Waals surface area (Å²) in [5.74, 6) is 1.07. The van der Waals surface area contributed by atoms with Gasteiger partial charge in [-0.05, 0) is 50.5 Å². The van der Waals surface area contributed by atoms with Gasteiger partial charge in [0.1, 0.15) is 5.75 Å². The lowest BCUT2D eigenvalue weighted by atomic mass is 9.96. The van der Waals surface area contributed by atoms with Gasteiger partial charge in [-0.25, -0.2) is 0 Å². The van der Waals surface area contributed by atoms with E-state index >= 15 is 0 Å². The lowest BCUT2D eigenvalue weighted by Crippen LogP contribution is -2.43. The van der Waals surface area contributed by atoms with Gasteiger partial charge >= 0.3 is 0 Å². The van der Waals surface area contributed by atoms with Crippen LogP contribution in [0.25, 0.3) is 0 Å². The van der Waals surface area contributed by atoms with Crippen molar-refractivity contribution in [1.82, 2.24) is 5.32 Å². The Morgan fingerprint density at radius 1 is 1.27 bits per heavy atom. The zero-order chi connectivity index (χ0) is 15.4. The molecule has 1 atom stereocenters. The van der Waals surface area contributed by atoms with Crippen molar-refractivity contribution in [2.75, 3.05) is 32.6 Å². The van der Waals surface area contributed by atoms with Gasteiger partial charge in [0.2, 0.25) is 0 Å². The van der Waals surface area contributed by atoms with E-state index < -0.39 is 0 Å². The number of ether oxygens (including phenoxy) is 2. The minimum Gasteiger partial charge on any atom is -0.493 e. The molecule has 3 rings (SSSR count). The van der Waals surface area contributed by atoms with Gasteiger partial charge in [0.05, 0.1) is 6.61 Å². The summed E-state index contributed by atoms with van der Waals surface area (Å²) < 4.78 is 11.8. The van der Waals surface area contributed by atoms with Crippen LogP contribution in [0.2, 0.25) is 0 Å². The van der Waals surface area contributed by atoms with E-state index in [4.69, 9.17) is 9.47 Å². The van der Waals surface area contributed by atoms with E-state index in [1.165, 1.54) is 11.1 Å². The van der Waals surface area contributed by atoms with Crippen LogP contribution >= 0.6 is 11.8 Å². The molecule has 1 unspecified atom stereocenters. The first kappa shape index (κ1) is 16.2. The number of rotatable bonds is 4. The monoisotopic (exact) mass is 321 g/mol. The van der Waals surface area contributed by atoms with Crippen LogP contribution in [0, 0.1) is 6.92 Å². The van der Waals surface area contributed by atoms with E-state index in [1.807, 2.05) is 11.8 Å². The standard InChI is InChI=1S/C18H27NO2S/c1-14-5-6-15-16(4-3-9-21-17(15)12-14)19-13-18(22-2)7-10-20-11-8-18/h5-6,12,16,19H,3-4,7-11,13H2,1-2H3. The van der Waals surface area contributed by atoms with Crippen LogP contribution < -0.4 is 10.1 Å². The molecule has 0 spiro atoms. The molecule has 1 fully saturated rings. The SMILES string of the molecule is CSC1(CNC2CCCOc3cc(C)ccc32)CCOCC1. The molecule has 0 aliphatic carbocycles. The Hall–Kier alpha value is -0.710. The van der Waals surface area contributed by atoms with Crippen LogP contribution in [0.5, 0.6) is 5.75 Å². The molecule has 122 valence electrons. The van der Waals surface area contributed by atoms with Crippen molar-refractivity contribution in [2.45, 2.75) is 43.4 Å². The van der Waals surface area contributed by atoms with Crippen molar-refractivity contribution in [3.05, 3.63) is 29.3 Å². The predicted molar refractivity (Wildman–Crippen MR) is 93.0 cm³/mol. The number of aryl methyl sites for hydroxylation is 1. The third-order valence-electron chi connectivity index (χ3n) is 4.95. The van der Waals surface area contributed by atoms with Crippen LogP contribution in [0.4, 0.5) is 0 Å². The van der Waals surface area contributed by atoms with Crippen molar-refractivity contribution in [3.63, 3.8) is 0 Å². The molecule has 2 heterocycles. The van der Waals surface area contributed by atoms with Gasteiger partial charge in [-0.15, -0.1) is 0 Å². The van der Waals surface area contributed by atoms with Crippen molar-refractivity contribution in [3.8, 4) is 5.75 Å². The van der Waals surface area contributed by atoms with Crippen molar-refractivity contribution in [2.24, 2.45) is 0 Å². The summed E-state index contributed by atoms with van der Waals surface area (Å²) in [7, 11) is 0. The molecule has 0 saturated carbocycles. The second-order valence-corrected chi connectivity index (χ2v) is 7.74. The Morgan fingerprint density at radius 2 is 2.09 bits per heavy atom. The molecule has 0 aromatic heterocycles. The van der Waals surface area contributed by atoms with Gasteiger partial charge in [0.15, 0.2) is 0 Å². The summed E-state index contributed by atoms with van der Waals surface area (Å²) >= 11 is 2.00. The lowest BCUT2D eigenvalue weighted by Gasteiger charge is -2.37. The summed E-state index contributed by atoms with van der Waals surface area (Å²) in [6, 6.07) is 7.02. The first-order valence-electron chi connectivity index (χ1n) is 8.32. The number of thioether (sulfide) groups is 1. The smallest absolute Gasteiger partial charge is 0.124 e. The molecule has 0 amide bonds. The summed E-state index contributed by atoms with van der Waals surface area (Å²) in [5, 5.41) is 3.84. The molecule has 2 aliphatic rings. The van der Waals surface area contributed by atoms with Crippen molar-refractivity contribution >= 4 is 11.8 Å². The second kappa shape index (κ2) is 7.24. The highest BCUT2D eigenvalue weighted by Gasteiger charge is 2.32. The summed E-state index contributed by atoms with van der Waals surface area (Å²) in [5.41, 5.74) is 2.59. The summed E-state index contributed by atoms with van der Waals surface area (Å²) in [4.78, 5) is 0. The predicted octanol–water partition coefficient (Wildman–Crippen LogP) is 3.71. The van der Waals surface area contributed by atoms with Crippen molar-refractivity contribution in [1.29, 1.82) is 0 Å². The number of fused-ring (bicyclic) bond motifs is 1. The van der Waals surface area contributed by atoms with Gasteiger partial charge in [0, 0.05) is 36.1 Å². The van der Waals surface area contributed by atoms with E-state index in [0.717, 1.165) is 57.8 Å². The molecule has 2 aliphatic heterocycles. The highest BCUT2D eigenvalue weighted by molar-refractivity contribution is 8.00. The Bertz CT molecular complexity index is 500. The Morgan fingerprint density at radius 3 is 2.86 bits per heavy atom. The first-order chi connectivity index (χ1) is 10.7. The number of nitrogens with one attached hydrogen (secondary N) is 1. The molecule has 1 aromatic carbocycles. The minimum atomic E-state index is 0.330. The van der Waals surface area contributed by atoms with E-state index in [2.05, 4.69) is 36.7 Å². The largest absolute Gasteiger partial charge is 0.493 e. The first-order valence-corrected chi connectivity index (χ1v) is 9.55. The Kier molecular flexibility index (Phi) is 5.32. The fourth-order valence-electron chi connectivity index (χ4n) is 3.40. The second-order valence-electron chi connectivity index (χ2n) is 6.46. The van der Waals surface area contributed by atoms with E-state index in [1.54, 1.807) is 0 Å². The summed E-state index contributed by atoms with van der Waals surface area (Å²) in [6.45, 7) is 5.80. The normalized spacial score (nSPS) is 24.2. The molecule has 1 N–H and O–H groups in total.